The maximum atomic E-state index is 9.90. The van der Waals surface area contributed by atoms with Crippen molar-refractivity contribution in [2.45, 2.75) is 45.6 Å². The lowest BCUT2D eigenvalue weighted by Crippen LogP contribution is -2.27. The van der Waals surface area contributed by atoms with Crippen LogP contribution in [0.3, 0.4) is 0 Å². The third-order valence-electron chi connectivity index (χ3n) is 3.61. The molecule has 3 N–H and O–H groups in total. The molecule has 1 aromatic carbocycles. The van der Waals surface area contributed by atoms with E-state index in [1.165, 1.54) is 0 Å². The van der Waals surface area contributed by atoms with E-state index in [1.807, 2.05) is 18.2 Å². The molecule has 0 spiro atoms. The molecule has 19 heavy (non-hydrogen) atoms. The highest BCUT2D eigenvalue weighted by Crippen LogP contribution is 2.26. The smallest absolute Gasteiger partial charge is 0.120 e. The summed E-state index contributed by atoms with van der Waals surface area (Å²) in [5, 5.41) is 22.5. The zero-order valence-corrected chi connectivity index (χ0v) is 12.1. The third-order valence-corrected chi connectivity index (χ3v) is 3.61. The van der Waals surface area contributed by atoms with E-state index in [9.17, 15) is 5.11 Å². The normalized spacial score (nSPS) is 14.3. The van der Waals surface area contributed by atoms with Gasteiger partial charge in [0, 0.05) is 18.2 Å². The lowest BCUT2D eigenvalue weighted by atomic mass is 9.98. The lowest BCUT2D eigenvalue weighted by Gasteiger charge is -2.22. The van der Waals surface area contributed by atoms with Crippen molar-refractivity contribution in [3.63, 3.8) is 0 Å². The number of para-hydroxylation sites is 1. The fourth-order valence-electron chi connectivity index (χ4n) is 2.50. The van der Waals surface area contributed by atoms with Gasteiger partial charge in [0.15, 0.2) is 0 Å². The van der Waals surface area contributed by atoms with E-state index in [0.29, 0.717) is 11.7 Å². The van der Waals surface area contributed by atoms with E-state index in [-0.39, 0.29) is 12.6 Å². The Morgan fingerprint density at radius 2 is 1.89 bits per heavy atom. The van der Waals surface area contributed by atoms with Gasteiger partial charge in [0.05, 0.1) is 0 Å². The van der Waals surface area contributed by atoms with Crippen LogP contribution in [0.4, 0.5) is 0 Å². The summed E-state index contributed by atoms with van der Waals surface area (Å²) in [4.78, 5) is 0. The van der Waals surface area contributed by atoms with E-state index in [2.05, 4.69) is 19.2 Å². The van der Waals surface area contributed by atoms with Gasteiger partial charge in [0.25, 0.3) is 0 Å². The van der Waals surface area contributed by atoms with Crippen molar-refractivity contribution in [2.24, 2.45) is 5.92 Å². The molecule has 3 nitrogen and oxygen atoms in total. The number of hydrogen-bond donors (Lipinski definition) is 3. The van der Waals surface area contributed by atoms with Crippen LogP contribution in [0.15, 0.2) is 24.3 Å². The van der Waals surface area contributed by atoms with Crippen molar-refractivity contribution in [3.8, 4) is 5.75 Å². The largest absolute Gasteiger partial charge is 0.508 e. The quantitative estimate of drug-likeness (QED) is 0.642. The molecule has 0 aliphatic rings. The first kappa shape index (κ1) is 16.0. The molecular weight excluding hydrogens is 238 g/mol. The summed E-state index contributed by atoms with van der Waals surface area (Å²) >= 11 is 0. The Bertz CT molecular complexity index is 348. The Labute approximate surface area is 116 Å². The molecule has 1 rings (SSSR count). The monoisotopic (exact) mass is 265 g/mol. The molecule has 0 saturated carbocycles. The SMILES string of the molecule is CCCC(CCO)CNC(CC)c1ccccc1O. The molecule has 0 aliphatic carbocycles. The van der Waals surface area contributed by atoms with Gasteiger partial charge >= 0.3 is 0 Å². The van der Waals surface area contributed by atoms with E-state index >= 15 is 0 Å². The molecule has 0 bridgehead atoms. The number of phenolic OH excluding ortho intramolecular Hbond substituents is 1. The van der Waals surface area contributed by atoms with Crippen molar-refractivity contribution < 1.29 is 10.2 Å². The van der Waals surface area contributed by atoms with Crippen molar-refractivity contribution >= 4 is 0 Å². The number of hydrogen-bond acceptors (Lipinski definition) is 3. The Morgan fingerprint density at radius 1 is 1.16 bits per heavy atom. The number of aliphatic hydroxyl groups is 1. The molecule has 2 unspecified atom stereocenters. The minimum Gasteiger partial charge on any atom is -0.508 e. The first-order valence-electron chi connectivity index (χ1n) is 7.35. The molecular formula is C16H27NO2. The van der Waals surface area contributed by atoms with Crippen molar-refractivity contribution in [1.29, 1.82) is 0 Å². The van der Waals surface area contributed by atoms with Crippen molar-refractivity contribution in [3.05, 3.63) is 29.8 Å². The average Bonchev–Trinajstić information content (AvgIpc) is 2.41. The molecule has 1 aromatic rings. The summed E-state index contributed by atoms with van der Waals surface area (Å²) in [5.41, 5.74) is 0.962. The average molecular weight is 265 g/mol. The zero-order chi connectivity index (χ0) is 14.1. The Hall–Kier alpha value is -1.06. The Kier molecular flexibility index (Phi) is 7.53. The molecule has 2 atom stereocenters. The summed E-state index contributed by atoms with van der Waals surface area (Å²) < 4.78 is 0. The number of nitrogens with one attached hydrogen (secondary N) is 1. The summed E-state index contributed by atoms with van der Waals surface area (Å²) in [6.07, 6.45) is 4.05. The van der Waals surface area contributed by atoms with Crippen LogP contribution in [0, 0.1) is 5.92 Å². The van der Waals surface area contributed by atoms with Crippen LogP contribution in [-0.4, -0.2) is 23.4 Å². The number of rotatable bonds is 9. The van der Waals surface area contributed by atoms with Crippen molar-refractivity contribution in [1.82, 2.24) is 5.32 Å². The highest BCUT2D eigenvalue weighted by molar-refractivity contribution is 5.34. The second-order valence-electron chi connectivity index (χ2n) is 5.09. The molecule has 0 aromatic heterocycles. The van der Waals surface area contributed by atoms with E-state index < -0.39 is 0 Å². The van der Waals surface area contributed by atoms with Crippen LogP contribution >= 0.6 is 0 Å². The fraction of sp³-hybridized carbons (Fsp3) is 0.625. The first-order chi connectivity index (χ1) is 9.22. The number of benzene rings is 1. The maximum absolute atomic E-state index is 9.90. The lowest BCUT2D eigenvalue weighted by molar-refractivity contribution is 0.244. The predicted octanol–water partition coefficient (Wildman–Crippen LogP) is 3.23. The van der Waals surface area contributed by atoms with Gasteiger partial charge < -0.3 is 15.5 Å². The number of aromatic hydroxyl groups is 1. The van der Waals surface area contributed by atoms with Crippen LogP contribution in [0.5, 0.6) is 5.75 Å². The van der Waals surface area contributed by atoms with E-state index in [4.69, 9.17) is 5.11 Å². The summed E-state index contributed by atoms with van der Waals surface area (Å²) in [6.45, 7) is 5.43. The predicted molar refractivity (Wildman–Crippen MR) is 79.2 cm³/mol. The Balaban J connectivity index is 2.59. The second-order valence-corrected chi connectivity index (χ2v) is 5.09. The van der Waals surface area contributed by atoms with Crippen molar-refractivity contribution in [2.75, 3.05) is 13.2 Å². The van der Waals surface area contributed by atoms with Crippen LogP contribution in [0.25, 0.3) is 0 Å². The number of phenols is 1. The van der Waals surface area contributed by atoms with Gasteiger partial charge in [-0.3, -0.25) is 0 Å². The minimum absolute atomic E-state index is 0.180. The zero-order valence-electron chi connectivity index (χ0n) is 12.1. The molecule has 0 saturated heterocycles. The third kappa shape index (κ3) is 5.21. The van der Waals surface area contributed by atoms with Gasteiger partial charge in [-0.25, -0.2) is 0 Å². The summed E-state index contributed by atoms with van der Waals surface area (Å²) in [5.74, 6) is 0.867. The van der Waals surface area contributed by atoms with Gasteiger partial charge in [0.1, 0.15) is 5.75 Å². The first-order valence-corrected chi connectivity index (χ1v) is 7.35. The van der Waals surface area contributed by atoms with E-state index in [0.717, 1.165) is 37.8 Å². The molecule has 0 fully saturated rings. The summed E-state index contributed by atoms with van der Waals surface area (Å²) in [7, 11) is 0. The Morgan fingerprint density at radius 3 is 2.47 bits per heavy atom. The molecule has 0 amide bonds. The molecule has 0 radical (unpaired) electrons. The molecule has 0 heterocycles. The maximum Gasteiger partial charge on any atom is 0.120 e. The van der Waals surface area contributed by atoms with Crippen LogP contribution in [0.2, 0.25) is 0 Å². The molecule has 0 aliphatic heterocycles. The van der Waals surface area contributed by atoms with E-state index in [1.54, 1.807) is 6.07 Å². The topological polar surface area (TPSA) is 52.5 Å². The van der Waals surface area contributed by atoms with Crippen LogP contribution < -0.4 is 5.32 Å². The van der Waals surface area contributed by atoms with Gasteiger partial charge in [-0.05, 0) is 37.8 Å². The minimum atomic E-state index is 0.180. The second kappa shape index (κ2) is 8.94. The summed E-state index contributed by atoms with van der Waals surface area (Å²) in [6, 6.07) is 7.68. The standard InChI is InChI=1S/C16H27NO2/c1-3-7-13(10-11-18)12-17-15(4-2)14-8-5-6-9-16(14)19/h5-6,8-9,13,15,17-19H,3-4,7,10-12H2,1-2H3. The molecule has 108 valence electrons. The molecule has 3 heteroatoms. The highest BCUT2D eigenvalue weighted by Gasteiger charge is 2.15. The number of aliphatic hydroxyl groups excluding tert-OH is 1. The van der Waals surface area contributed by atoms with Gasteiger partial charge in [-0.15, -0.1) is 0 Å². The van der Waals surface area contributed by atoms with Gasteiger partial charge in [-0.2, -0.15) is 0 Å². The van der Waals surface area contributed by atoms with Gasteiger partial charge in [-0.1, -0.05) is 38.5 Å². The fourth-order valence-corrected chi connectivity index (χ4v) is 2.50. The highest BCUT2D eigenvalue weighted by atomic mass is 16.3. The van der Waals surface area contributed by atoms with Crippen LogP contribution in [0.1, 0.15) is 51.1 Å². The van der Waals surface area contributed by atoms with Gasteiger partial charge in [0.2, 0.25) is 0 Å². The van der Waals surface area contributed by atoms with Crippen LogP contribution in [-0.2, 0) is 0 Å².